The van der Waals surface area contributed by atoms with E-state index in [4.69, 9.17) is 9.47 Å². The van der Waals surface area contributed by atoms with E-state index < -0.39 is 35.2 Å². The molecule has 10 nitrogen and oxygen atoms in total. The van der Waals surface area contributed by atoms with Crippen molar-refractivity contribution in [1.29, 1.82) is 0 Å². The molecule has 0 aromatic carbocycles. The Bertz CT molecular complexity index is 681. The van der Waals surface area contributed by atoms with Crippen molar-refractivity contribution in [2.45, 2.75) is 128 Å². The summed E-state index contributed by atoms with van der Waals surface area (Å²) in [4.78, 5) is 49.8. The molecular formula is C24H42N4O6. The zero-order valence-corrected chi connectivity index (χ0v) is 21.4. The van der Waals surface area contributed by atoms with Gasteiger partial charge in [0.25, 0.3) is 0 Å². The van der Waals surface area contributed by atoms with Gasteiger partial charge in [-0.15, -0.1) is 0 Å². The van der Waals surface area contributed by atoms with Crippen molar-refractivity contribution < 1.29 is 28.7 Å². The molecule has 4 N–H and O–H groups in total. The quantitative estimate of drug-likeness (QED) is 0.455. The molecule has 0 spiro atoms. The summed E-state index contributed by atoms with van der Waals surface area (Å²) in [7, 11) is 0. The van der Waals surface area contributed by atoms with Crippen LogP contribution in [0.15, 0.2) is 0 Å². The fraction of sp³-hybridized carbons (Fsp3) is 0.833. The van der Waals surface area contributed by atoms with Crippen molar-refractivity contribution in [2.75, 3.05) is 0 Å². The molecule has 0 aromatic rings. The van der Waals surface area contributed by atoms with E-state index in [1.807, 2.05) is 0 Å². The Kier molecular flexibility index (Phi) is 9.58. The van der Waals surface area contributed by atoms with E-state index in [1.54, 1.807) is 41.5 Å². The van der Waals surface area contributed by atoms with Crippen LogP contribution in [0.4, 0.5) is 9.59 Å². The second-order valence-corrected chi connectivity index (χ2v) is 11.2. The van der Waals surface area contributed by atoms with Crippen molar-refractivity contribution in [1.82, 2.24) is 21.3 Å². The lowest BCUT2D eigenvalue weighted by Gasteiger charge is -2.34. The van der Waals surface area contributed by atoms with Gasteiger partial charge in [0.05, 0.1) is 12.1 Å². The summed E-state index contributed by atoms with van der Waals surface area (Å²) in [6, 6.07) is -1.34. The molecule has 0 unspecified atom stereocenters. The van der Waals surface area contributed by atoms with Crippen LogP contribution in [0.2, 0.25) is 0 Å². The summed E-state index contributed by atoms with van der Waals surface area (Å²) in [6.07, 6.45) is 5.23. The molecule has 10 heteroatoms. The first-order chi connectivity index (χ1) is 15.7. The highest BCUT2D eigenvalue weighted by Gasteiger charge is 2.34. The van der Waals surface area contributed by atoms with Gasteiger partial charge in [0.1, 0.15) is 11.2 Å². The lowest BCUT2D eigenvalue weighted by Crippen LogP contribution is -2.59. The van der Waals surface area contributed by atoms with Crippen LogP contribution in [0.3, 0.4) is 0 Å². The number of carbonyl (C=O) groups is 4. The Balaban J connectivity index is 1.92. The van der Waals surface area contributed by atoms with E-state index in [2.05, 4.69) is 21.3 Å². The smallest absolute Gasteiger partial charge is 0.407 e. The molecule has 194 valence electrons. The van der Waals surface area contributed by atoms with E-state index in [1.165, 1.54) is 0 Å². The van der Waals surface area contributed by atoms with Crippen molar-refractivity contribution in [3.63, 3.8) is 0 Å². The average Bonchev–Trinajstić information content (AvgIpc) is 2.68. The molecule has 0 saturated heterocycles. The van der Waals surface area contributed by atoms with Crippen LogP contribution in [0.1, 0.15) is 92.9 Å². The minimum absolute atomic E-state index is 0.309. The van der Waals surface area contributed by atoms with E-state index >= 15 is 0 Å². The molecule has 2 fully saturated rings. The van der Waals surface area contributed by atoms with Gasteiger partial charge < -0.3 is 30.7 Å². The molecule has 34 heavy (non-hydrogen) atoms. The number of alkyl carbamates (subject to hydrolysis) is 2. The van der Waals surface area contributed by atoms with E-state index in [-0.39, 0.29) is 24.2 Å². The molecule has 4 amide bonds. The zero-order valence-electron chi connectivity index (χ0n) is 21.4. The van der Waals surface area contributed by atoms with Gasteiger partial charge in [-0.25, -0.2) is 9.59 Å². The molecule has 0 bridgehead atoms. The maximum absolute atomic E-state index is 12.7. The predicted octanol–water partition coefficient (Wildman–Crippen LogP) is 2.89. The number of amides is 4. The monoisotopic (exact) mass is 482 g/mol. The standard InChI is InChI=1S/C24H42N4O6/c1-23(2,3)33-21(31)27-17-13-9-7-11-15(17)25-19(29)20(30)26-16-12-8-10-14-18(16)28-22(32)34-24(4,5)6/h15-18H,7-14H2,1-6H3,(H,25,29)(H,26,30)(H,27,31)(H,28,32)/t15-,16-,17-,18-/m1/s1. The first-order valence-electron chi connectivity index (χ1n) is 12.3. The summed E-state index contributed by atoms with van der Waals surface area (Å²) in [5, 5.41) is 11.2. The lowest BCUT2D eigenvalue weighted by atomic mass is 9.89. The summed E-state index contributed by atoms with van der Waals surface area (Å²) in [5.74, 6) is -1.49. The van der Waals surface area contributed by atoms with Crippen LogP contribution >= 0.6 is 0 Å². The van der Waals surface area contributed by atoms with Crippen LogP contribution in [0.25, 0.3) is 0 Å². The zero-order chi connectivity index (χ0) is 25.5. The van der Waals surface area contributed by atoms with Gasteiger partial charge >= 0.3 is 24.0 Å². The minimum Gasteiger partial charge on any atom is -0.444 e. The summed E-state index contributed by atoms with van der Waals surface area (Å²) in [6.45, 7) is 10.7. The maximum atomic E-state index is 12.7. The van der Waals surface area contributed by atoms with Gasteiger partial charge in [-0.2, -0.15) is 0 Å². The molecule has 0 heterocycles. The van der Waals surface area contributed by atoms with Crippen LogP contribution in [0, 0.1) is 0 Å². The van der Waals surface area contributed by atoms with Gasteiger partial charge in [0.15, 0.2) is 0 Å². The van der Waals surface area contributed by atoms with Crippen LogP contribution in [-0.2, 0) is 19.1 Å². The molecule has 0 aliphatic heterocycles. The first kappa shape index (κ1) is 27.7. The Morgan fingerprint density at radius 2 is 0.794 bits per heavy atom. The largest absolute Gasteiger partial charge is 0.444 e. The fourth-order valence-corrected chi connectivity index (χ4v) is 4.34. The highest BCUT2D eigenvalue weighted by Crippen LogP contribution is 2.21. The number of carbonyl (C=O) groups excluding carboxylic acids is 4. The normalized spacial score (nSPS) is 25.5. The number of nitrogens with one attached hydrogen (secondary N) is 4. The minimum atomic E-state index is -0.746. The van der Waals surface area contributed by atoms with Gasteiger partial charge in [-0.1, -0.05) is 25.7 Å². The molecule has 4 atom stereocenters. The highest BCUT2D eigenvalue weighted by atomic mass is 16.6. The molecule has 2 aliphatic rings. The first-order valence-corrected chi connectivity index (χ1v) is 12.3. The van der Waals surface area contributed by atoms with Crippen LogP contribution < -0.4 is 21.3 Å². The van der Waals surface area contributed by atoms with Gasteiger partial charge in [-0.3, -0.25) is 9.59 Å². The number of hydrogen-bond donors (Lipinski definition) is 4. The third-order valence-corrected chi connectivity index (χ3v) is 5.78. The van der Waals surface area contributed by atoms with Crippen molar-refractivity contribution in [3.05, 3.63) is 0 Å². The summed E-state index contributed by atoms with van der Waals surface area (Å²) < 4.78 is 10.7. The third kappa shape index (κ3) is 9.77. The van der Waals surface area contributed by atoms with E-state index in [0.717, 1.165) is 25.7 Å². The Labute approximate surface area is 202 Å². The number of ether oxygens (including phenoxy) is 2. The van der Waals surface area contributed by atoms with Crippen molar-refractivity contribution in [2.24, 2.45) is 0 Å². The lowest BCUT2D eigenvalue weighted by molar-refractivity contribution is -0.140. The Morgan fingerprint density at radius 1 is 0.529 bits per heavy atom. The van der Waals surface area contributed by atoms with Crippen molar-refractivity contribution in [3.8, 4) is 0 Å². The summed E-state index contributed by atoms with van der Waals surface area (Å²) >= 11 is 0. The SMILES string of the molecule is CC(C)(C)OC(=O)N[C@@H]1CCCC[C@H]1NC(=O)C(=O)N[C@@H]1CCCC[C@H]1NC(=O)OC(C)(C)C. The second kappa shape index (κ2) is 11.8. The number of hydrogen-bond acceptors (Lipinski definition) is 6. The summed E-state index contributed by atoms with van der Waals surface area (Å²) in [5.41, 5.74) is -1.25. The highest BCUT2D eigenvalue weighted by molar-refractivity contribution is 6.35. The van der Waals surface area contributed by atoms with E-state index in [9.17, 15) is 19.2 Å². The molecule has 0 radical (unpaired) electrons. The molecule has 2 saturated carbocycles. The average molecular weight is 483 g/mol. The molecule has 2 rings (SSSR count). The molecule has 0 aromatic heterocycles. The van der Waals surface area contributed by atoms with Gasteiger partial charge in [0.2, 0.25) is 0 Å². The van der Waals surface area contributed by atoms with Gasteiger partial charge in [-0.05, 0) is 67.2 Å². The van der Waals surface area contributed by atoms with Gasteiger partial charge in [0, 0.05) is 12.1 Å². The predicted molar refractivity (Wildman–Crippen MR) is 127 cm³/mol. The topological polar surface area (TPSA) is 135 Å². The Morgan fingerprint density at radius 3 is 1.06 bits per heavy atom. The second-order valence-electron chi connectivity index (χ2n) is 11.2. The van der Waals surface area contributed by atoms with E-state index in [0.29, 0.717) is 25.7 Å². The molecular weight excluding hydrogens is 440 g/mol. The van der Waals surface area contributed by atoms with Crippen molar-refractivity contribution >= 4 is 24.0 Å². The number of rotatable bonds is 4. The van der Waals surface area contributed by atoms with Crippen LogP contribution in [-0.4, -0.2) is 59.4 Å². The van der Waals surface area contributed by atoms with Crippen LogP contribution in [0.5, 0.6) is 0 Å². The third-order valence-electron chi connectivity index (χ3n) is 5.78. The maximum Gasteiger partial charge on any atom is 0.407 e. The fourth-order valence-electron chi connectivity index (χ4n) is 4.34. The Hall–Kier alpha value is -2.52. The molecule has 2 aliphatic carbocycles.